The molecule has 0 aliphatic rings. The third kappa shape index (κ3) is 3.16. The Morgan fingerprint density at radius 1 is 1.24 bits per heavy atom. The van der Waals surface area contributed by atoms with E-state index in [-0.39, 0.29) is 5.69 Å². The van der Waals surface area contributed by atoms with Crippen molar-refractivity contribution >= 4 is 22.8 Å². The highest BCUT2D eigenvalue weighted by Crippen LogP contribution is 2.32. The maximum absolute atomic E-state index is 12.1. The van der Waals surface area contributed by atoms with E-state index < -0.39 is 11.9 Å². The number of nitrogens with zero attached hydrogens (tertiary/aromatic N) is 2. The predicted octanol–water partition coefficient (Wildman–Crippen LogP) is 3.24. The summed E-state index contributed by atoms with van der Waals surface area (Å²) in [7, 11) is 1.75. The normalized spacial score (nSPS) is 10.6. The van der Waals surface area contributed by atoms with E-state index in [1.165, 1.54) is 12.3 Å². The zero-order valence-electron chi connectivity index (χ0n) is 13.7. The first kappa shape index (κ1) is 16.5. The van der Waals surface area contributed by atoms with Crippen LogP contribution in [0, 0.1) is 0 Å². The fraction of sp³-hybridized carbons (Fsp3) is 0.167. The molecule has 0 saturated carbocycles. The quantitative estimate of drug-likeness (QED) is 0.717. The summed E-state index contributed by atoms with van der Waals surface area (Å²) >= 11 is 0. The highest BCUT2D eigenvalue weighted by atomic mass is 16.5. The van der Waals surface area contributed by atoms with Crippen molar-refractivity contribution in [1.29, 1.82) is 0 Å². The SMILES string of the molecule is CCOC(=O)c1cc2cccc(Oc3ccnc(C(=O)O)c3)c2n1C. The number of hydrogen-bond acceptors (Lipinski definition) is 5. The minimum Gasteiger partial charge on any atom is -0.477 e. The Morgan fingerprint density at radius 2 is 2.04 bits per heavy atom. The molecule has 0 aliphatic carbocycles. The number of para-hydroxylation sites is 1. The average Bonchev–Trinajstić information content (AvgIpc) is 2.93. The van der Waals surface area contributed by atoms with Crippen LogP contribution in [0.25, 0.3) is 10.9 Å². The largest absolute Gasteiger partial charge is 0.477 e. The van der Waals surface area contributed by atoms with E-state index in [0.29, 0.717) is 29.3 Å². The first-order valence-electron chi connectivity index (χ1n) is 7.64. The number of esters is 1. The molecular weight excluding hydrogens is 324 g/mol. The van der Waals surface area contributed by atoms with E-state index in [4.69, 9.17) is 14.6 Å². The molecule has 128 valence electrons. The van der Waals surface area contributed by atoms with Gasteiger partial charge in [0.15, 0.2) is 11.4 Å². The fourth-order valence-corrected chi connectivity index (χ4v) is 2.58. The molecule has 7 heteroatoms. The van der Waals surface area contributed by atoms with Crippen molar-refractivity contribution in [3.05, 3.63) is 54.0 Å². The van der Waals surface area contributed by atoms with E-state index in [0.717, 1.165) is 5.39 Å². The molecule has 1 N–H and O–H groups in total. The Balaban J connectivity index is 2.04. The van der Waals surface area contributed by atoms with Crippen LogP contribution in [0.5, 0.6) is 11.5 Å². The maximum atomic E-state index is 12.1. The minimum absolute atomic E-state index is 0.108. The van der Waals surface area contributed by atoms with Gasteiger partial charge in [0, 0.05) is 24.7 Å². The number of ether oxygens (including phenoxy) is 2. The number of rotatable bonds is 5. The number of carboxylic acid groups (broad SMARTS) is 1. The first-order valence-corrected chi connectivity index (χ1v) is 7.64. The molecule has 0 spiro atoms. The number of carbonyl (C=O) groups is 2. The van der Waals surface area contributed by atoms with Crippen LogP contribution in [0.2, 0.25) is 0 Å². The molecule has 1 aromatic carbocycles. The van der Waals surface area contributed by atoms with Crippen molar-refractivity contribution in [2.75, 3.05) is 6.61 Å². The molecule has 0 unspecified atom stereocenters. The van der Waals surface area contributed by atoms with Crippen LogP contribution in [0.15, 0.2) is 42.6 Å². The lowest BCUT2D eigenvalue weighted by molar-refractivity contribution is 0.0515. The van der Waals surface area contributed by atoms with E-state index in [1.807, 2.05) is 6.07 Å². The Labute approximate surface area is 143 Å². The second kappa shape index (κ2) is 6.64. The lowest BCUT2D eigenvalue weighted by Gasteiger charge is -2.10. The van der Waals surface area contributed by atoms with E-state index in [2.05, 4.69) is 4.98 Å². The number of hydrogen-bond donors (Lipinski definition) is 1. The van der Waals surface area contributed by atoms with Crippen molar-refractivity contribution in [3.8, 4) is 11.5 Å². The lowest BCUT2D eigenvalue weighted by Crippen LogP contribution is -2.09. The summed E-state index contributed by atoms with van der Waals surface area (Å²) in [5.74, 6) is -0.701. The highest BCUT2D eigenvalue weighted by Gasteiger charge is 2.17. The van der Waals surface area contributed by atoms with Crippen LogP contribution in [0.3, 0.4) is 0 Å². The van der Waals surface area contributed by atoms with Gasteiger partial charge in [0.2, 0.25) is 0 Å². The maximum Gasteiger partial charge on any atom is 0.354 e. The Bertz CT molecular complexity index is 961. The molecule has 0 amide bonds. The third-order valence-electron chi connectivity index (χ3n) is 3.68. The average molecular weight is 340 g/mol. The molecule has 25 heavy (non-hydrogen) atoms. The zero-order valence-corrected chi connectivity index (χ0v) is 13.7. The van der Waals surface area contributed by atoms with Gasteiger partial charge < -0.3 is 19.1 Å². The summed E-state index contributed by atoms with van der Waals surface area (Å²) in [5, 5.41) is 9.85. The van der Waals surface area contributed by atoms with E-state index in [9.17, 15) is 9.59 Å². The van der Waals surface area contributed by atoms with Gasteiger partial charge in [-0.05, 0) is 25.1 Å². The van der Waals surface area contributed by atoms with Crippen molar-refractivity contribution < 1.29 is 24.2 Å². The fourth-order valence-electron chi connectivity index (χ4n) is 2.58. The lowest BCUT2D eigenvalue weighted by atomic mass is 10.2. The van der Waals surface area contributed by atoms with Crippen molar-refractivity contribution in [2.24, 2.45) is 7.05 Å². The van der Waals surface area contributed by atoms with Crippen molar-refractivity contribution in [1.82, 2.24) is 9.55 Å². The Kier molecular flexibility index (Phi) is 4.38. The molecule has 0 bridgehead atoms. The molecule has 0 fully saturated rings. The summed E-state index contributed by atoms with van der Waals surface area (Å²) in [4.78, 5) is 26.9. The summed E-state index contributed by atoms with van der Waals surface area (Å²) in [6.07, 6.45) is 1.37. The second-order valence-corrected chi connectivity index (χ2v) is 5.29. The molecule has 0 atom stereocenters. The van der Waals surface area contributed by atoms with Gasteiger partial charge in [0.25, 0.3) is 0 Å². The number of carboxylic acids is 1. The number of fused-ring (bicyclic) bond motifs is 1. The van der Waals surface area contributed by atoms with Crippen LogP contribution in [-0.2, 0) is 11.8 Å². The molecule has 0 radical (unpaired) electrons. The van der Waals surface area contributed by atoms with E-state index >= 15 is 0 Å². The van der Waals surface area contributed by atoms with Gasteiger partial charge in [-0.3, -0.25) is 0 Å². The Morgan fingerprint density at radius 3 is 2.76 bits per heavy atom. The van der Waals surface area contributed by atoms with Crippen LogP contribution < -0.4 is 4.74 Å². The molecule has 3 rings (SSSR count). The molecule has 7 nitrogen and oxygen atoms in total. The third-order valence-corrected chi connectivity index (χ3v) is 3.68. The summed E-state index contributed by atoms with van der Waals surface area (Å²) < 4.78 is 12.6. The summed E-state index contributed by atoms with van der Waals surface area (Å²) in [6, 6.07) is 10.1. The van der Waals surface area contributed by atoms with Crippen LogP contribution >= 0.6 is 0 Å². The smallest absolute Gasteiger partial charge is 0.354 e. The molecule has 3 aromatic rings. The number of carbonyl (C=O) groups excluding carboxylic acids is 1. The summed E-state index contributed by atoms with van der Waals surface area (Å²) in [5.41, 5.74) is 1.01. The second-order valence-electron chi connectivity index (χ2n) is 5.29. The van der Waals surface area contributed by atoms with Gasteiger partial charge >= 0.3 is 11.9 Å². The summed E-state index contributed by atoms with van der Waals surface area (Å²) in [6.45, 7) is 2.04. The molecule has 2 aromatic heterocycles. The molecule has 0 aliphatic heterocycles. The van der Waals surface area contributed by atoms with Crippen molar-refractivity contribution in [3.63, 3.8) is 0 Å². The standard InChI is InChI=1S/C18H16N2O5/c1-3-24-18(23)14-9-11-5-4-6-15(16(11)20(14)2)25-12-7-8-19-13(10-12)17(21)22/h4-10H,3H2,1-2H3,(H,21,22). The van der Waals surface area contributed by atoms with Gasteiger partial charge in [-0.1, -0.05) is 12.1 Å². The molecule has 2 heterocycles. The molecule has 0 saturated heterocycles. The van der Waals surface area contributed by atoms with Gasteiger partial charge in [-0.2, -0.15) is 0 Å². The number of benzene rings is 1. The first-order chi connectivity index (χ1) is 12.0. The number of aromatic nitrogens is 2. The highest BCUT2D eigenvalue weighted by molar-refractivity contribution is 5.97. The monoisotopic (exact) mass is 340 g/mol. The minimum atomic E-state index is -1.13. The van der Waals surface area contributed by atoms with Gasteiger partial charge in [-0.15, -0.1) is 0 Å². The van der Waals surface area contributed by atoms with Gasteiger partial charge in [0.1, 0.15) is 11.4 Å². The zero-order chi connectivity index (χ0) is 18.0. The van der Waals surface area contributed by atoms with E-state index in [1.54, 1.807) is 42.8 Å². The topological polar surface area (TPSA) is 90.7 Å². The number of aryl methyl sites for hydroxylation is 1. The Hall–Kier alpha value is -3.35. The molecular formula is C18H16N2O5. The van der Waals surface area contributed by atoms with Gasteiger partial charge in [0.05, 0.1) is 12.1 Å². The van der Waals surface area contributed by atoms with Crippen LogP contribution in [0.4, 0.5) is 0 Å². The van der Waals surface area contributed by atoms with Crippen LogP contribution in [-0.4, -0.2) is 33.2 Å². The van der Waals surface area contributed by atoms with Crippen LogP contribution in [0.1, 0.15) is 27.9 Å². The van der Waals surface area contributed by atoms with Crippen molar-refractivity contribution in [2.45, 2.75) is 6.92 Å². The van der Waals surface area contributed by atoms with Gasteiger partial charge in [-0.25, -0.2) is 14.6 Å². The predicted molar refractivity (Wildman–Crippen MR) is 90.1 cm³/mol. The number of pyridine rings is 1. The number of aromatic carboxylic acids is 1.